The Hall–Kier alpha value is -2.36. The monoisotopic (exact) mass is 283 g/mol. The molecule has 0 fully saturated rings. The molecule has 1 heterocycles. The van der Waals surface area contributed by atoms with Gasteiger partial charge in [0.2, 0.25) is 0 Å². The summed E-state index contributed by atoms with van der Waals surface area (Å²) in [7, 11) is 3.92. The van der Waals surface area contributed by atoms with Gasteiger partial charge in [-0.15, -0.1) is 0 Å². The number of anilines is 1. The van der Waals surface area contributed by atoms with Gasteiger partial charge in [0.25, 0.3) is 5.91 Å². The van der Waals surface area contributed by atoms with Crippen molar-refractivity contribution < 1.29 is 4.79 Å². The third kappa shape index (κ3) is 4.31. The summed E-state index contributed by atoms with van der Waals surface area (Å²) in [6.45, 7) is 2.01. The highest BCUT2D eigenvalue weighted by Crippen LogP contribution is 2.13. The summed E-state index contributed by atoms with van der Waals surface area (Å²) < 4.78 is 0. The molecule has 1 amide bonds. The standard InChI is InChI=1S/C17H21N3O/c1-13(11-14-7-9-18-10-8-14)19-17(21)15-5-4-6-16(12-15)20(2)3/h4-10,12-13H,11H2,1-3H3,(H,19,21). The lowest BCUT2D eigenvalue weighted by molar-refractivity contribution is 0.0940. The Labute approximate surface area is 125 Å². The third-order valence-corrected chi connectivity index (χ3v) is 3.29. The highest BCUT2D eigenvalue weighted by molar-refractivity contribution is 5.95. The average molecular weight is 283 g/mol. The predicted molar refractivity (Wildman–Crippen MR) is 85.6 cm³/mol. The van der Waals surface area contributed by atoms with Crippen molar-refractivity contribution >= 4 is 11.6 Å². The SMILES string of the molecule is CC(Cc1ccncc1)NC(=O)c1cccc(N(C)C)c1. The first-order valence-corrected chi connectivity index (χ1v) is 7.03. The van der Waals surface area contributed by atoms with Crippen molar-refractivity contribution in [1.29, 1.82) is 0 Å². The number of benzene rings is 1. The fourth-order valence-electron chi connectivity index (χ4n) is 2.16. The summed E-state index contributed by atoms with van der Waals surface area (Å²) in [6.07, 6.45) is 4.33. The van der Waals surface area contributed by atoms with Gasteiger partial charge in [-0.05, 0) is 49.2 Å². The largest absolute Gasteiger partial charge is 0.378 e. The van der Waals surface area contributed by atoms with Gasteiger partial charge in [-0.25, -0.2) is 0 Å². The zero-order chi connectivity index (χ0) is 15.2. The lowest BCUT2D eigenvalue weighted by atomic mass is 10.1. The molecule has 0 aliphatic heterocycles. The third-order valence-electron chi connectivity index (χ3n) is 3.29. The maximum atomic E-state index is 12.3. The number of amides is 1. The molecule has 1 aromatic heterocycles. The van der Waals surface area contributed by atoms with Crippen LogP contribution >= 0.6 is 0 Å². The van der Waals surface area contributed by atoms with Crippen LogP contribution in [0.15, 0.2) is 48.8 Å². The van der Waals surface area contributed by atoms with Crippen LogP contribution in [0.1, 0.15) is 22.8 Å². The van der Waals surface area contributed by atoms with E-state index in [9.17, 15) is 4.79 Å². The van der Waals surface area contributed by atoms with E-state index >= 15 is 0 Å². The summed E-state index contributed by atoms with van der Waals surface area (Å²) in [5, 5.41) is 3.03. The lowest BCUT2D eigenvalue weighted by Crippen LogP contribution is -2.34. The number of hydrogen-bond donors (Lipinski definition) is 1. The van der Waals surface area contributed by atoms with E-state index in [0.717, 1.165) is 12.1 Å². The van der Waals surface area contributed by atoms with Crippen molar-refractivity contribution in [1.82, 2.24) is 10.3 Å². The zero-order valence-electron chi connectivity index (χ0n) is 12.7. The topological polar surface area (TPSA) is 45.2 Å². The Kier molecular flexibility index (Phi) is 4.93. The number of aromatic nitrogens is 1. The van der Waals surface area contributed by atoms with E-state index in [1.807, 2.05) is 62.3 Å². The molecule has 0 bridgehead atoms. The Morgan fingerprint density at radius 3 is 2.62 bits per heavy atom. The van der Waals surface area contributed by atoms with E-state index < -0.39 is 0 Å². The maximum Gasteiger partial charge on any atom is 0.251 e. The molecule has 0 radical (unpaired) electrons. The van der Waals surface area contributed by atoms with Crippen LogP contribution in [0.4, 0.5) is 5.69 Å². The molecule has 0 spiro atoms. The van der Waals surface area contributed by atoms with Crippen LogP contribution in [0.5, 0.6) is 0 Å². The van der Waals surface area contributed by atoms with Crippen LogP contribution in [0.25, 0.3) is 0 Å². The lowest BCUT2D eigenvalue weighted by Gasteiger charge is -2.16. The molecule has 0 saturated carbocycles. The van der Waals surface area contributed by atoms with E-state index in [2.05, 4.69) is 10.3 Å². The summed E-state index contributed by atoms with van der Waals surface area (Å²) in [6, 6.07) is 11.6. The Morgan fingerprint density at radius 1 is 1.24 bits per heavy atom. The molecule has 2 rings (SSSR count). The van der Waals surface area contributed by atoms with Gasteiger partial charge in [-0.3, -0.25) is 9.78 Å². The second-order valence-corrected chi connectivity index (χ2v) is 5.38. The second-order valence-electron chi connectivity index (χ2n) is 5.38. The van der Waals surface area contributed by atoms with E-state index in [1.54, 1.807) is 12.4 Å². The van der Waals surface area contributed by atoms with E-state index in [0.29, 0.717) is 5.56 Å². The highest BCUT2D eigenvalue weighted by atomic mass is 16.1. The van der Waals surface area contributed by atoms with E-state index in [1.165, 1.54) is 5.56 Å². The Morgan fingerprint density at radius 2 is 1.95 bits per heavy atom. The average Bonchev–Trinajstić information content (AvgIpc) is 2.48. The quantitative estimate of drug-likeness (QED) is 0.917. The molecule has 0 aliphatic carbocycles. The predicted octanol–water partition coefficient (Wildman–Crippen LogP) is 2.51. The minimum Gasteiger partial charge on any atom is -0.378 e. The summed E-state index contributed by atoms with van der Waals surface area (Å²) in [5.41, 5.74) is 2.87. The van der Waals surface area contributed by atoms with Gasteiger partial charge < -0.3 is 10.2 Å². The molecule has 0 aliphatic rings. The summed E-state index contributed by atoms with van der Waals surface area (Å²) in [5.74, 6) is -0.0414. The molecule has 1 unspecified atom stereocenters. The Balaban J connectivity index is 1.99. The van der Waals surface area contributed by atoms with Gasteiger partial charge in [0.05, 0.1) is 0 Å². The van der Waals surface area contributed by atoms with E-state index in [4.69, 9.17) is 0 Å². The highest BCUT2D eigenvalue weighted by Gasteiger charge is 2.11. The molecule has 1 N–H and O–H groups in total. The molecule has 110 valence electrons. The molecular weight excluding hydrogens is 262 g/mol. The molecule has 21 heavy (non-hydrogen) atoms. The number of carbonyl (C=O) groups is 1. The minimum atomic E-state index is -0.0414. The van der Waals surface area contributed by atoms with Gasteiger partial charge in [-0.2, -0.15) is 0 Å². The smallest absolute Gasteiger partial charge is 0.251 e. The number of hydrogen-bond acceptors (Lipinski definition) is 3. The first-order valence-electron chi connectivity index (χ1n) is 7.03. The van der Waals surface area contributed by atoms with Crippen LogP contribution in [0.3, 0.4) is 0 Å². The first kappa shape index (κ1) is 15.0. The molecule has 4 nitrogen and oxygen atoms in total. The van der Waals surface area contributed by atoms with Crippen LogP contribution in [0, 0.1) is 0 Å². The zero-order valence-corrected chi connectivity index (χ0v) is 12.7. The summed E-state index contributed by atoms with van der Waals surface area (Å²) >= 11 is 0. The fraction of sp³-hybridized carbons (Fsp3) is 0.294. The van der Waals surface area contributed by atoms with Crippen molar-refractivity contribution in [3.05, 3.63) is 59.9 Å². The number of rotatable bonds is 5. The van der Waals surface area contributed by atoms with Crippen molar-refractivity contribution in [2.24, 2.45) is 0 Å². The number of nitrogens with one attached hydrogen (secondary N) is 1. The maximum absolute atomic E-state index is 12.3. The normalized spacial score (nSPS) is 11.8. The first-order chi connectivity index (χ1) is 10.1. The fourth-order valence-corrected chi connectivity index (χ4v) is 2.16. The summed E-state index contributed by atoms with van der Waals surface area (Å²) in [4.78, 5) is 18.3. The van der Waals surface area contributed by atoms with Gasteiger partial charge in [0.15, 0.2) is 0 Å². The van der Waals surface area contributed by atoms with E-state index in [-0.39, 0.29) is 11.9 Å². The van der Waals surface area contributed by atoms with Crippen LogP contribution in [0.2, 0.25) is 0 Å². The van der Waals surface area contributed by atoms with Crippen molar-refractivity contribution in [2.45, 2.75) is 19.4 Å². The number of carbonyl (C=O) groups excluding carboxylic acids is 1. The van der Waals surface area contributed by atoms with Crippen molar-refractivity contribution in [3.63, 3.8) is 0 Å². The molecule has 2 aromatic rings. The van der Waals surface area contributed by atoms with Crippen LogP contribution in [-0.4, -0.2) is 31.0 Å². The molecule has 1 atom stereocenters. The van der Waals surface area contributed by atoms with Gasteiger partial charge >= 0.3 is 0 Å². The molecule has 1 aromatic carbocycles. The van der Waals surface area contributed by atoms with Gasteiger partial charge in [0.1, 0.15) is 0 Å². The van der Waals surface area contributed by atoms with Gasteiger partial charge in [-0.1, -0.05) is 6.07 Å². The van der Waals surface area contributed by atoms with Crippen LogP contribution in [-0.2, 0) is 6.42 Å². The van der Waals surface area contributed by atoms with Crippen molar-refractivity contribution in [2.75, 3.05) is 19.0 Å². The van der Waals surface area contributed by atoms with Crippen molar-refractivity contribution in [3.8, 4) is 0 Å². The van der Waals surface area contributed by atoms with Crippen LogP contribution < -0.4 is 10.2 Å². The molecule has 4 heteroatoms. The van der Waals surface area contributed by atoms with Gasteiger partial charge in [0, 0.05) is 43.8 Å². The molecule has 0 saturated heterocycles. The second kappa shape index (κ2) is 6.88. The Bertz CT molecular complexity index is 596. The number of nitrogens with zero attached hydrogens (tertiary/aromatic N) is 2. The minimum absolute atomic E-state index is 0.0414. The number of pyridine rings is 1. The molecular formula is C17H21N3O.